The third-order valence-corrected chi connectivity index (χ3v) is 2.74. The highest BCUT2D eigenvalue weighted by atomic mass is 32.1. The average molecular weight is 229 g/mol. The van der Waals surface area contributed by atoms with Crippen molar-refractivity contribution >= 4 is 22.7 Å². The topological polar surface area (TPSA) is 69.8 Å². The van der Waals surface area contributed by atoms with E-state index in [-0.39, 0.29) is 11.3 Å². The van der Waals surface area contributed by atoms with Gasteiger partial charge in [-0.25, -0.2) is 4.98 Å². The SMILES string of the molecule is N#C/C(=C(/O)c1ccncc1)c1nccs1. The molecule has 16 heavy (non-hydrogen) atoms. The van der Waals surface area contributed by atoms with Crippen LogP contribution in [0.25, 0.3) is 11.3 Å². The molecule has 0 aliphatic heterocycles. The Kier molecular flexibility index (Phi) is 2.94. The highest BCUT2D eigenvalue weighted by Gasteiger charge is 2.12. The number of nitriles is 1. The van der Waals surface area contributed by atoms with E-state index in [1.807, 2.05) is 6.07 Å². The van der Waals surface area contributed by atoms with Crippen LogP contribution in [0.3, 0.4) is 0 Å². The summed E-state index contributed by atoms with van der Waals surface area (Å²) in [6.07, 6.45) is 4.71. The van der Waals surface area contributed by atoms with E-state index in [1.54, 1.807) is 36.1 Å². The van der Waals surface area contributed by atoms with Crippen molar-refractivity contribution in [2.24, 2.45) is 0 Å². The van der Waals surface area contributed by atoms with Crippen LogP contribution in [0.2, 0.25) is 0 Å². The molecule has 2 rings (SSSR count). The number of aromatic nitrogens is 2. The molecule has 0 spiro atoms. The lowest BCUT2D eigenvalue weighted by atomic mass is 10.1. The molecule has 0 saturated carbocycles. The lowest BCUT2D eigenvalue weighted by Gasteiger charge is -2.01. The summed E-state index contributed by atoms with van der Waals surface area (Å²) in [5, 5.41) is 21.2. The fraction of sp³-hybridized carbons (Fsp3) is 0. The van der Waals surface area contributed by atoms with Crippen LogP contribution in [0.1, 0.15) is 10.6 Å². The van der Waals surface area contributed by atoms with Gasteiger partial charge < -0.3 is 5.11 Å². The summed E-state index contributed by atoms with van der Waals surface area (Å²) in [4.78, 5) is 7.84. The van der Waals surface area contributed by atoms with Crippen LogP contribution in [0.5, 0.6) is 0 Å². The van der Waals surface area contributed by atoms with Crippen molar-refractivity contribution in [1.82, 2.24) is 9.97 Å². The first-order valence-corrected chi connectivity index (χ1v) is 5.34. The molecule has 0 aromatic carbocycles. The van der Waals surface area contributed by atoms with Gasteiger partial charge in [0.25, 0.3) is 0 Å². The maximum absolute atomic E-state index is 9.95. The molecular formula is C11H7N3OS. The summed E-state index contributed by atoms with van der Waals surface area (Å²) in [5.74, 6) is -0.0696. The number of aliphatic hydroxyl groups excluding tert-OH is 1. The third kappa shape index (κ3) is 1.92. The molecule has 2 heterocycles. The van der Waals surface area contributed by atoms with Gasteiger partial charge in [0.05, 0.1) is 0 Å². The van der Waals surface area contributed by atoms with Crippen LogP contribution in [0.4, 0.5) is 0 Å². The van der Waals surface area contributed by atoms with Crippen LogP contribution in [-0.4, -0.2) is 15.1 Å². The molecule has 0 aliphatic carbocycles. The number of pyridine rings is 1. The Bertz CT molecular complexity index is 540. The predicted molar refractivity (Wildman–Crippen MR) is 61.4 cm³/mol. The van der Waals surface area contributed by atoms with Crippen LogP contribution in [0.15, 0.2) is 36.1 Å². The molecule has 0 saturated heterocycles. The zero-order chi connectivity index (χ0) is 11.4. The molecule has 0 atom stereocenters. The zero-order valence-electron chi connectivity index (χ0n) is 8.16. The minimum atomic E-state index is -0.0696. The van der Waals surface area contributed by atoms with Gasteiger partial charge in [-0.05, 0) is 12.1 Å². The minimum Gasteiger partial charge on any atom is -0.506 e. The maximum Gasteiger partial charge on any atom is 0.143 e. The van der Waals surface area contributed by atoms with Crippen molar-refractivity contribution < 1.29 is 5.11 Å². The molecule has 0 bridgehead atoms. The number of hydrogen-bond acceptors (Lipinski definition) is 5. The maximum atomic E-state index is 9.95. The van der Waals surface area contributed by atoms with Gasteiger partial charge in [0.15, 0.2) is 0 Å². The van der Waals surface area contributed by atoms with E-state index in [2.05, 4.69) is 9.97 Å². The second kappa shape index (κ2) is 4.55. The third-order valence-electron chi connectivity index (χ3n) is 1.95. The molecule has 5 heteroatoms. The van der Waals surface area contributed by atoms with Crippen LogP contribution >= 0.6 is 11.3 Å². The first-order chi connectivity index (χ1) is 7.83. The minimum absolute atomic E-state index is 0.0696. The molecule has 0 fully saturated rings. The lowest BCUT2D eigenvalue weighted by Crippen LogP contribution is -1.89. The summed E-state index contributed by atoms with van der Waals surface area (Å²) in [6, 6.07) is 5.24. The number of aliphatic hydroxyl groups is 1. The Balaban J connectivity index is 2.52. The molecule has 0 amide bonds. The number of hydrogen-bond donors (Lipinski definition) is 1. The zero-order valence-corrected chi connectivity index (χ0v) is 8.98. The average Bonchev–Trinajstić information content (AvgIpc) is 2.85. The smallest absolute Gasteiger partial charge is 0.143 e. The highest BCUT2D eigenvalue weighted by Crippen LogP contribution is 2.24. The first kappa shape index (κ1) is 10.3. The second-order valence-electron chi connectivity index (χ2n) is 2.91. The van der Waals surface area contributed by atoms with E-state index in [0.717, 1.165) is 0 Å². The summed E-state index contributed by atoms with van der Waals surface area (Å²) >= 11 is 1.31. The summed E-state index contributed by atoms with van der Waals surface area (Å²) in [7, 11) is 0. The second-order valence-corrected chi connectivity index (χ2v) is 3.80. The van der Waals surface area contributed by atoms with Crippen molar-refractivity contribution in [2.45, 2.75) is 0 Å². The van der Waals surface area contributed by atoms with Gasteiger partial charge in [0.2, 0.25) is 0 Å². The molecule has 1 N–H and O–H groups in total. The molecule has 78 valence electrons. The molecule has 4 nitrogen and oxygen atoms in total. The van der Waals surface area contributed by atoms with Crippen LogP contribution < -0.4 is 0 Å². The monoisotopic (exact) mass is 229 g/mol. The van der Waals surface area contributed by atoms with E-state index < -0.39 is 0 Å². The summed E-state index contributed by atoms with van der Waals surface area (Å²) in [6.45, 7) is 0. The highest BCUT2D eigenvalue weighted by molar-refractivity contribution is 7.10. The normalized spacial score (nSPS) is 11.7. The Morgan fingerprint density at radius 2 is 2.06 bits per heavy atom. The Morgan fingerprint density at radius 1 is 1.31 bits per heavy atom. The van der Waals surface area contributed by atoms with E-state index in [9.17, 15) is 5.11 Å². The lowest BCUT2D eigenvalue weighted by molar-refractivity contribution is 0.514. The largest absolute Gasteiger partial charge is 0.506 e. The summed E-state index contributed by atoms with van der Waals surface area (Å²) < 4.78 is 0. The molecule has 2 aromatic rings. The predicted octanol–water partition coefficient (Wildman–Crippen LogP) is 2.49. The van der Waals surface area contributed by atoms with Crippen molar-refractivity contribution in [3.8, 4) is 6.07 Å². The van der Waals surface area contributed by atoms with E-state index in [1.165, 1.54) is 11.3 Å². The Labute approximate surface area is 96.2 Å². The number of nitrogens with zero attached hydrogens (tertiary/aromatic N) is 3. The number of thiazole rings is 1. The van der Waals surface area contributed by atoms with Crippen LogP contribution in [0, 0.1) is 11.3 Å². The van der Waals surface area contributed by atoms with Crippen molar-refractivity contribution in [3.63, 3.8) is 0 Å². The molecule has 2 aromatic heterocycles. The fourth-order valence-electron chi connectivity index (χ4n) is 1.20. The van der Waals surface area contributed by atoms with Crippen molar-refractivity contribution in [2.75, 3.05) is 0 Å². The van der Waals surface area contributed by atoms with Gasteiger partial charge >= 0.3 is 0 Å². The van der Waals surface area contributed by atoms with Gasteiger partial charge in [-0.3, -0.25) is 4.98 Å². The molecule has 0 aliphatic rings. The van der Waals surface area contributed by atoms with Crippen molar-refractivity contribution in [3.05, 3.63) is 46.7 Å². The molecule has 0 radical (unpaired) electrons. The number of rotatable bonds is 2. The molecular weight excluding hydrogens is 222 g/mol. The number of allylic oxidation sites excluding steroid dienone is 1. The summed E-state index contributed by atoms with van der Waals surface area (Å²) in [5.41, 5.74) is 0.739. The van der Waals surface area contributed by atoms with E-state index >= 15 is 0 Å². The van der Waals surface area contributed by atoms with Gasteiger partial charge in [-0.1, -0.05) is 0 Å². The van der Waals surface area contributed by atoms with E-state index in [4.69, 9.17) is 5.26 Å². The van der Waals surface area contributed by atoms with Gasteiger partial charge in [-0.15, -0.1) is 11.3 Å². The van der Waals surface area contributed by atoms with Crippen LogP contribution in [-0.2, 0) is 0 Å². The van der Waals surface area contributed by atoms with Crippen molar-refractivity contribution in [1.29, 1.82) is 5.26 Å². The standard InChI is InChI=1S/C11H7N3OS/c12-7-9(11-14-5-6-16-11)10(15)8-1-3-13-4-2-8/h1-6,15H/b10-9-. The Hall–Kier alpha value is -2.19. The molecule has 0 unspecified atom stereocenters. The quantitative estimate of drug-likeness (QED) is 0.634. The fourth-order valence-corrected chi connectivity index (χ4v) is 1.84. The van der Waals surface area contributed by atoms with E-state index in [0.29, 0.717) is 10.6 Å². The van der Waals surface area contributed by atoms with Gasteiger partial charge in [0.1, 0.15) is 22.4 Å². The Morgan fingerprint density at radius 3 is 2.62 bits per heavy atom. The first-order valence-electron chi connectivity index (χ1n) is 4.46. The van der Waals surface area contributed by atoms with Gasteiger partial charge in [-0.2, -0.15) is 5.26 Å². The van der Waals surface area contributed by atoms with Gasteiger partial charge in [0, 0.05) is 29.5 Å².